The van der Waals surface area contributed by atoms with Gasteiger partial charge in [-0.2, -0.15) is 0 Å². The molecule has 1 saturated heterocycles. The fourth-order valence-electron chi connectivity index (χ4n) is 3.31. The van der Waals surface area contributed by atoms with Gasteiger partial charge in [0.05, 0.1) is 18.8 Å². The van der Waals surface area contributed by atoms with Gasteiger partial charge in [0.15, 0.2) is 11.8 Å². The van der Waals surface area contributed by atoms with Gasteiger partial charge in [0.25, 0.3) is 5.56 Å². The number of halogens is 1. The summed E-state index contributed by atoms with van der Waals surface area (Å²) in [5.74, 6) is 1.64. The molecule has 12 nitrogen and oxygen atoms in total. The Hall–Kier alpha value is -2.91. The molecule has 0 bridgehead atoms. The Morgan fingerprint density at radius 1 is 1.39 bits per heavy atom. The third-order valence-corrected chi connectivity index (χ3v) is 6.61. The van der Waals surface area contributed by atoms with Crippen molar-refractivity contribution in [2.75, 3.05) is 13.2 Å². The number of aliphatic hydroxyl groups is 1. The minimum atomic E-state index is -4.19. The molecule has 1 aromatic heterocycles. The predicted octanol–water partition coefficient (Wildman–Crippen LogP) is 1.59. The molecule has 0 saturated carbocycles. The van der Waals surface area contributed by atoms with E-state index in [1.807, 2.05) is 0 Å². The number of nitrogens with one attached hydrogen (secondary N) is 2. The number of esters is 1. The Bertz CT molecular complexity index is 1290. The van der Waals surface area contributed by atoms with Crippen molar-refractivity contribution in [3.05, 3.63) is 62.4 Å². The molecule has 36 heavy (non-hydrogen) atoms. The van der Waals surface area contributed by atoms with Gasteiger partial charge in [-0.15, -0.1) is 6.42 Å². The van der Waals surface area contributed by atoms with Crippen molar-refractivity contribution in [2.45, 2.75) is 44.3 Å². The summed E-state index contributed by atoms with van der Waals surface area (Å²) < 4.78 is 36.1. The fourth-order valence-corrected chi connectivity index (χ4v) is 4.73. The molecule has 1 fully saturated rings. The number of aromatic nitrogens is 2. The van der Waals surface area contributed by atoms with E-state index in [4.69, 9.17) is 36.5 Å². The number of hydrogen-bond acceptors (Lipinski definition) is 9. The van der Waals surface area contributed by atoms with Crippen LogP contribution >= 0.6 is 19.3 Å². The summed E-state index contributed by atoms with van der Waals surface area (Å²) in [5, 5.41) is 13.7. The molecule has 194 valence electrons. The lowest BCUT2D eigenvalue weighted by molar-refractivity contribution is -0.145. The molecule has 2 aromatic rings. The standard InChI is InChI=1S/C22H25ClN3O9P/c1-4-22(30)11-17(34-20(22)26-10-9-18(27)25-21(26)29)13-32-36(31,24-12-19(28)33-14(2)3)35-16-7-5-15(23)6-8-16/h1,5-10,14,17,20,30H,11-13H2,2-3H3,(H,24,31)(H,25,27,29)/t17-,20+,22+,36?/m0/s1. The van der Waals surface area contributed by atoms with Crippen molar-refractivity contribution < 1.29 is 33.0 Å². The molecular formula is C22H25ClN3O9P. The van der Waals surface area contributed by atoms with Crippen molar-refractivity contribution >= 4 is 25.3 Å². The van der Waals surface area contributed by atoms with Crippen molar-refractivity contribution in [3.8, 4) is 18.1 Å². The van der Waals surface area contributed by atoms with Crippen LogP contribution in [0.3, 0.4) is 0 Å². The Balaban J connectivity index is 1.76. The number of rotatable bonds is 10. The van der Waals surface area contributed by atoms with Crippen LogP contribution in [0.15, 0.2) is 46.1 Å². The van der Waals surface area contributed by atoms with Crippen molar-refractivity contribution in [3.63, 3.8) is 0 Å². The zero-order valence-corrected chi connectivity index (χ0v) is 21.0. The molecule has 1 aliphatic heterocycles. The molecule has 1 aromatic carbocycles. The molecule has 0 spiro atoms. The first-order valence-corrected chi connectivity index (χ1v) is 12.7. The van der Waals surface area contributed by atoms with Crippen LogP contribution in [0.4, 0.5) is 0 Å². The highest BCUT2D eigenvalue weighted by atomic mass is 35.5. The van der Waals surface area contributed by atoms with Gasteiger partial charge in [0, 0.05) is 23.7 Å². The van der Waals surface area contributed by atoms with E-state index in [2.05, 4.69) is 16.0 Å². The summed E-state index contributed by atoms with van der Waals surface area (Å²) in [6.07, 6.45) is 3.74. The SMILES string of the molecule is C#C[C@@]1(O)C[C@@H](COP(=O)(NCC(=O)OC(C)C)Oc2ccc(Cl)cc2)O[C@H]1n1ccc(=O)[nH]c1=O. The summed E-state index contributed by atoms with van der Waals surface area (Å²) in [4.78, 5) is 37.6. The largest absolute Gasteiger partial charge is 0.462 e. The quantitative estimate of drug-likeness (QED) is 0.229. The van der Waals surface area contributed by atoms with Gasteiger partial charge >= 0.3 is 19.4 Å². The van der Waals surface area contributed by atoms with Crippen LogP contribution in [0.2, 0.25) is 5.02 Å². The second kappa shape index (κ2) is 11.4. The second-order valence-corrected chi connectivity index (χ2v) is 10.3. The molecule has 3 rings (SSSR count). The summed E-state index contributed by atoms with van der Waals surface area (Å²) in [6, 6.07) is 6.99. The molecular weight excluding hydrogens is 517 g/mol. The highest BCUT2D eigenvalue weighted by Gasteiger charge is 2.48. The lowest BCUT2D eigenvalue weighted by Gasteiger charge is -2.24. The number of ether oxygens (including phenoxy) is 2. The summed E-state index contributed by atoms with van der Waals surface area (Å²) >= 11 is 5.87. The average Bonchev–Trinajstić information content (AvgIpc) is 3.15. The highest BCUT2D eigenvalue weighted by Crippen LogP contribution is 2.46. The number of nitrogens with zero attached hydrogens (tertiary/aromatic N) is 1. The average molecular weight is 542 g/mol. The van der Waals surface area contributed by atoms with Crippen LogP contribution in [0.1, 0.15) is 26.5 Å². The molecule has 0 radical (unpaired) electrons. The Labute approximate surface area is 211 Å². The van der Waals surface area contributed by atoms with E-state index < -0.39 is 62.2 Å². The third kappa shape index (κ3) is 7.07. The van der Waals surface area contributed by atoms with E-state index in [0.717, 1.165) is 16.8 Å². The topological polar surface area (TPSA) is 158 Å². The third-order valence-electron chi connectivity index (χ3n) is 4.88. The van der Waals surface area contributed by atoms with Crippen LogP contribution in [0.5, 0.6) is 5.75 Å². The maximum absolute atomic E-state index is 13.4. The Morgan fingerprint density at radius 3 is 2.69 bits per heavy atom. The zero-order valence-electron chi connectivity index (χ0n) is 19.4. The zero-order chi connectivity index (χ0) is 26.5. The molecule has 4 atom stereocenters. The van der Waals surface area contributed by atoms with Crippen molar-refractivity contribution in [2.24, 2.45) is 0 Å². The Morgan fingerprint density at radius 2 is 2.08 bits per heavy atom. The number of carbonyl (C=O) groups excluding carboxylic acids is 1. The maximum atomic E-state index is 13.4. The smallest absolute Gasteiger partial charge is 0.459 e. The molecule has 0 amide bonds. The van der Waals surface area contributed by atoms with Crippen molar-refractivity contribution in [1.29, 1.82) is 0 Å². The number of hydrogen-bond donors (Lipinski definition) is 3. The van der Waals surface area contributed by atoms with E-state index >= 15 is 0 Å². The second-order valence-electron chi connectivity index (χ2n) is 8.11. The molecule has 2 heterocycles. The number of terminal acetylenes is 1. The normalized spacial score (nSPS) is 23.1. The van der Waals surface area contributed by atoms with Crippen LogP contribution in [0, 0.1) is 12.3 Å². The van der Waals surface area contributed by atoms with E-state index in [1.54, 1.807) is 13.8 Å². The van der Waals surface area contributed by atoms with Crippen molar-refractivity contribution in [1.82, 2.24) is 14.6 Å². The minimum absolute atomic E-state index is 0.137. The summed E-state index contributed by atoms with van der Waals surface area (Å²) in [5.41, 5.74) is -3.42. The van der Waals surface area contributed by atoms with Crippen LogP contribution in [0.25, 0.3) is 0 Å². The number of aromatic amines is 1. The number of benzene rings is 1. The Kier molecular flexibility index (Phi) is 8.79. The van der Waals surface area contributed by atoms with Gasteiger partial charge in [-0.25, -0.2) is 14.4 Å². The summed E-state index contributed by atoms with van der Waals surface area (Å²) in [7, 11) is -4.19. The van der Waals surface area contributed by atoms with Crippen LogP contribution in [-0.4, -0.2) is 51.6 Å². The first-order valence-electron chi connectivity index (χ1n) is 10.7. The molecule has 0 aliphatic carbocycles. The monoisotopic (exact) mass is 541 g/mol. The minimum Gasteiger partial charge on any atom is -0.462 e. The predicted molar refractivity (Wildman–Crippen MR) is 129 cm³/mol. The molecule has 1 unspecified atom stereocenters. The van der Waals surface area contributed by atoms with Gasteiger partial charge in [-0.3, -0.25) is 23.7 Å². The number of H-pyrrole nitrogens is 1. The van der Waals surface area contributed by atoms with Gasteiger partial charge in [0.2, 0.25) is 0 Å². The first kappa shape index (κ1) is 27.7. The highest BCUT2D eigenvalue weighted by molar-refractivity contribution is 7.52. The molecule has 3 N–H and O–H groups in total. The lowest BCUT2D eigenvalue weighted by Crippen LogP contribution is -2.41. The molecule has 14 heteroatoms. The van der Waals surface area contributed by atoms with Gasteiger partial charge in [0.1, 0.15) is 12.3 Å². The number of carbonyl (C=O) groups is 1. The van der Waals surface area contributed by atoms with Gasteiger partial charge in [-0.1, -0.05) is 17.5 Å². The van der Waals surface area contributed by atoms with E-state index in [1.165, 1.54) is 24.3 Å². The van der Waals surface area contributed by atoms with Gasteiger partial charge in [-0.05, 0) is 38.1 Å². The van der Waals surface area contributed by atoms with Crippen LogP contribution in [-0.2, 0) is 23.4 Å². The van der Waals surface area contributed by atoms with E-state index in [-0.39, 0.29) is 12.2 Å². The van der Waals surface area contributed by atoms with Gasteiger partial charge < -0.3 is 19.1 Å². The summed E-state index contributed by atoms with van der Waals surface area (Å²) in [6.45, 7) is 2.42. The fraction of sp³-hybridized carbons (Fsp3) is 0.409. The van der Waals surface area contributed by atoms with Crippen LogP contribution < -0.4 is 20.9 Å². The van der Waals surface area contributed by atoms with E-state index in [9.17, 15) is 24.1 Å². The lowest BCUT2D eigenvalue weighted by atomic mass is 9.99. The van der Waals surface area contributed by atoms with E-state index in [0.29, 0.717) is 5.02 Å². The maximum Gasteiger partial charge on any atom is 0.459 e. The molecule has 1 aliphatic rings. The first-order chi connectivity index (χ1) is 16.9.